The molecule has 7 nitrogen and oxygen atoms in total. The predicted octanol–water partition coefficient (Wildman–Crippen LogP) is 3.89. The molecule has 30 heavy (non-hydrogen) atoms. The van der Waals surface area contributed by atoms with E-state index >= 15 is 0 Å². The number of allylic oxidation sites excluding steroid dienone is 1. The number of hydrogen-bond donors (Lipinski definition) is 0. The molecule has 156 valence electrons. The molecule has 12 heteroatoms. The van der Waals surface area contributed by atoms with Crippen LogP contribution in [0.2, 0.25) is 0 Å². The molecule has 2 aliphatic rings. The molecule has 1 aromatic heterocycles. The number of halogens is 4. The van der Waals surface area contributed by atoms with E-state index in [1.54, 1.807) is 12.1 Å². The van der Waals surface area contributed by atoms with Crippen molar-refractivity contribution in [2.45, 2.75) is 6.18 Å². The topological polar surface area (TPSA) is 84.2 Å². The quantitative estimate of drug-likeness (QED) is 0.699. The maximum absolute atomic E-state index is 12.8. The Morgan fingerprint density at radius 2 is 1.87 bits per heavy atom. The van der Waals surface area contributed by atoms with Gasteiger partial charge < -0.3 is 4.74 Å². The number of ether oxygens (including phenoxy) is 1. The van der Waals surface area contributed by atoms with E-state index in [0.29, 0.717) is 11.1 Å². The number of nitrogens with zero attached hydrogens (tertiary/aromatic N) is 4. The zero-order valence-corrected chi connectivity index (χ0v) is 16.5. The molecule has 0 amide bonds. The minimum absolute atomic E-state index is 0.122. The van der Waals surface area contributed by atoms with Gasteiger partial charge in [-0.15, -0.1) is 4.40 Å². The van der Waals surface area contributed by atoms with Gasteiger partial charge in [0.25, 0.3) is 10.0 Å². The molecule has 3 heterocycles. The normalized spacial score (nSPS) is 18.1. The van der Waals surface area contributed by atoms with Crippen LogP contribution in [0.3, 0.4) is 0 Å². The van der Waals surface area contributed by atoms with Crippen molar-refractivity contribution >= 4 is 38.2 Å². The van der Waals surface area contributed by atoms with Crippen molar-refractivity contribution in [3.05, 3.63) is 59.8 Å². The SMILES string of the molecule is O=S1(=O)CCN2N=C(Cl)C=C(c3ccc(Oc4cc(C(F)(F)F)ccn4)cc3)C2=N1. The summed E-state index contributed by atoms with van der Waals surface area (Å²) >= 11 is 6.05. The highest BCUT2D eigenvalue weighted by molar-refractivity contribution is 7.90. The second kappa shape index (κ2) is 7.40. The summed E-state index contributed by atoms with van der Waals surface area (Å²) in [4.78, 5) is 3.78. The minimum atomic E-state index is -4.51. The lowest BCUT2D eigenvalue weighted by Gasteiger charge is -2.28. The molecule has 0 radical (unpaired) electrons. The van der Waals surface area contributed by atoms with Crippen molar-refractivity contribution in [1.29, 1.82) is 0 Å². The Hall–Kier alpha value is -2.92. The first-order chi connectivity index (χ1) is 14.1. The van der Waals surface area contributed by atoms with E-state index < -0.39 is 21.8 Å². The molecule has 0 saturated carbocycles. The highest BCUT2D eigenvalue weighted by Crippen LogP contribution is 2.32. The monoisotopic (exact) mass is 456 g/mol. The van der Waals surface area contributed by atoms with Crippen LogP contribution in [-0.2, 0) is 16.2 Å². The molecule has 2 aliphatic heterocycles. The lowest BCUT2D eigenvalue weighted by Crippen LogP contribution is -2.38. The van der Waals surface area contributed by atoms with Crippen molar-refractivity contribution in [2.24, 2.45) is 9.50 Å². The van der Waals surface area contributed by atoms with Crippen molar-refractivity contribution in [1.82, 2.24) is 9.99 Å². The minimum Gasteiger partial charge on any atom is -0.439 e. The van der Waals surface area contributed by atoms with Gasteiger partial charge in [0.05, 0.1) is 17.9 Å². The van der Waals surface area contributed by atoms with Crippen molar-refractivity contribution < 1.29 is 26.3 Å². The number of hydrazone groups is 1. The van der Waals surface area contributed by atoms with Crippen molar-refractivity contribution in [3.8, 4) is 11.6 Å². The highest BCUT2D eigenvalue weighted by atomic mass is 35.5. The van der Waals surface area contributed by atoms with Gasteiger partial charge >= 0.3 is 6.18 Å². The average molecular weight is 457 g/mol. The number of hydrogen-bond acceptors (Lipinski definition) is 6. The molecule has 4 rings (SSSR count). The zero-order valence-electron chi connectivity index (χ0n) is 15.0. The van der Waals surface area contributed by atoms with Gasteiger partial charge in [-0.3, -0.25) is 0 Å². The smallest absolute Gasteiger partial charge is 0.416 e. The van der Waals surface area contributed by atoms with Crippen LogP contribution in [0.15, 0.2) is 58.2 Å². The largest absolute Gasteiger partial charge is 0.439 e. The summed E-state index contributed by atoms with van der Waals surface area (Å²) in [7, 11) is -3.61. The summed E-state index contributed by atoms with van der Waals surface area (Å²) in [5.74, 6) is 0.0167. The fourth-order valence-electron chi connectivity index (χ4n) is 2.82. The second-order valence-corrected chi connectivity index (χ2v) is 8.45. The number of fused-ring (bicyclic) bond motifs is 1. The van der Waals surface area contributed by atoms with Crippen molar-refractivity contribution in [3.63, 3.8) is 0 Å². The number of amidine groups is 1. The number of alkyl halides is 3. The summed E-state index contributed by atoms with van der Waals surface area (Å²) in [5, 5.41) is 5.64. The Bertz CT molecular complexity index is 1190. The fourth-order valence-corrected chi connectivity index (χ4v) is 3.97. The van der Waals surface area contributed by atoms with E-state index in [2.05, 4.69) is 14.5 Å². The van der Waals surface area contributed by atoms with Gasteiger partial charge in [-0.2, -0.15) is 18.3 Å². The number of aromatic nitrogens is 1. The summed E-state index contributed by atoms with van der Waals surface area (Å²) in [6, 6.07) is 7.88. The average Bonchev–Trinajstić information content (AvgIpc) is 2.68. The van der Waals surface area contributed by atoms with Crippen LogP contribution in [0.4, 0.5) is 13.2 Å². The highest BCUT2D eigenvalue weighted by Gasteiger charge is 2.31. The van der Waals surface area contributed by atoms with Crippen LogP contribution >= 0.6 is 11.6 Å². The first-order valence-electron chi connectivity index (χ1n) is 8.49. The molecular formula is C18H12ClF3N4O3S. The Morgan fingerprint density at radius 1 is 1.13 bits per heavy atom. The molecule has 2 aromatic rings. The third-order valence-electron chi connectivity index (χ3n) is 4.20. The summed E-state index contributed by atoms with van der Waals surface area (Å²) in [6.45, 7) is 0.122. The maximum atomic E-state index is 12.8. The molecule has 0 fully saturated rings. The summed E-state index contributed by atoms with van der Waals surface area (Å²) in [6.07, 6.45) is -2.01. The molecule has 0 N–H and O–H groups in total. The third-order valence-corrected chi connectivity index (χ3v) is 5.54. The predicted molar refractivity (Wildman–Crippen MR) is 105 cm³/mol. The van der Waals surface area contributed by atoms with Crippen LogP contribution in [0.1, 0.15) is 11.1 Å². The number of benzene rings is 1. The lowest BCUT2D eigenvalue weighted by molar-refractivity contribution is -0.137. The molecule has 0 unspecified atom stereocenters. The first-order valence-corrected chi connectivity index (χ1v) is 10.5. The third kappa shape index (κ3) is 4.31. The van der Waals surface area contributed by atoms with Crippen LogP contribution in [0.25, 0.3) is 5.57 Å². The van der Waals surface area contributed by atoms with E-state index in [1.165, 1.54) is 23.2 Å². The Labute approximate surface area is 174 Å². The van der Waals surface area contributed by atoms with Gasteiger partial charge in [-0.25, -0.2) is 18.4 Å². The Morgan fingerprint density at radius 3 is 2.57 bits per heavy atom. The molecule has 0 atom stereocenters. The Kier molecular flexibility index (Phi) is 5.02. The number of sulfonamides is 1. The van der Waals surface area contributed by atoms with E-state index in [-0.39, 0.29) is 34.9 Å². The number of rotatable bonds is 3. The second-order valence-electron chi connectivity index (χ2n) is 6.31. The van der Waals surface area contributed by atoms with Crippen LogP contribution in [0, 0.1) is 0 Å². The van der Waals surface area contributed by atoms with Gasteiger partial charge in [-0.05, 0) is 29.8 Å². The van der Waals surface area contributed by atoms with E-state index in [1.807, 2.05) is 0 Å². The lowest BCUT2D eigenvalue weighted by atomic mass is 10.0. The van der Waals surface area contributed by atoms with E-state index in [9.17, 15) is 21.6 Å². The van der Waals surface area contributed by atoms with Gasteiger partial charge in [0, 0.05) is 17.8 Å². The van der Waals surface area contributed by atoms with E-state index in [4.69, 9.17) is 16.3 Å². The zero-order chi connectivity index (χ0) is 21.5. The molecule has 0 saturated heterocycles. The van der Waals surface area contributed by atoms with Crippen molar-refractivity contribution in [2.75, 3.05) is 12.3 Å². The standard InChI is InChI=1S/C18H12ClF3N4O3S/c19-15-10-14(17-25-30(27,28)8-7-26(17)24-15)11-1-3-13(4-2-11)29-16-9-12(5-6-23-16)18(20,21)22/h1-6,9-10H,7-8H2. The molecule has 0 spiro atoms. The maximum Gasteiger partial charge on any atom is 0.416 e. The van der Waals surface area contributed by atoms with Gasteiger partial charge in [0.2, 0.25) is 5.88 Å². The van der Waals surface area contributed by atoms with Gasteiger partial charge in [-0.1, -0.05) is 23.7 Å². The first kappa shape index (κ1) is 20.4. The molecular weight excluding hydrogens is 445 g/mol. The van der Waals surface area contributed by atoms with E-state index in [0.717, 1.165) is 18.3 Å². The van der Waals surface area contributed by atoms with Crippen LogP contribution in [0.5, 0.6) is 11.6 Å². The summed E-state index contributed by atoms with van der Waals surface area (Å²) in [5.41, 5.74) is 0.150. The molecule has 0 bridgehead atoms. The van der Waals surface area contributed by atoms with Crippen LogP contribution in [-0.4, -0.2) is 41.7 Å². The number of pyridine rings is 1. The van der Waals surface area contributed by atoms with Gasteiger partial charge in [0.1, 0.15) is 10.9 Å². The Balaban J connectivity index is 1.61. The van der Waals surface area contributed by atoms with Gasteiger partial charge in [0.15, 0.2) is 5.84 Å². The van der Waals surface area contributed by atoms with Crippen LogP contribution < -0.4 is 4.74 Å². The fraction of sp³-hybridized carbons (Fsp3) is 0.167. The molecule has 0 aliphatic carbocycles. The summed E-state index contributed by atoms with van der Waals surface area (Å²) < 4.78 is 71.4. The molecule has 1 aromatic carbocycles.